The van der Waals surface area contributed by atoms with E-state index in [2.05, 4.69) is 54.5 Å². The van der Waals surface area contributed by atoms with Gasteiger partial charge in [-0.3, -0.25) is 0 Å². The van der Waals surface area contributed by atoms with Crippen LogP contribution in [0.15, 0.2) is 139 Å². The summed E-state index contributed by atoms with van der Waals surface area (Å²) >= 11 is 0. The quantitative estimate of drug-likeness (QED) is 0.215. The van der Waals surface area contributed by atoms with E-state index in [0.29, 0.717) is 5.92 Å². The number of fused-ring (bicyclic) bond motifs is 3. The SMILES string of the molecule is C=C/C=C\C(=C/C)P(=O)(C(/C=C\C(=C)N1c2ccccc2C2CCC=CC21)=C/C)c1ccccc1. The lowest BCUT2D eigenvalue weighted by atomic mass is 9.86. The summed E-state index contributed by atoms with van der Waals surface area (Å²) in [6.07, 6.45) is 20.2. The Kier molecular flexibility index (Phi) is 7.73. The van der Waals surface area contributed by atoms with Crippen molar-refractivity contribution in [2.75, 3.05) is 4.90 Å². The van der Waals surface area contributed by atoms with Crippen molar-refractivity contribution in [3.63, 3.8) is 0 Å². The Balaban J connectivity index is 1.73. The second-order valence-corrected chi connectivity index (χ2v) is 11.6. The molecule has 0 fully saturated rings. The maximum absolute atomic E-state index is 14.8. The summed E-state index contributed by atoms with van der Waals surface area (Å²) in [6, 6.07) is 18.7. The Bertz CT molecular complexity index is 1290. The van der Waals surface area contributed by atoms with Crippen LogP contribution in [0.5, 0.6) is 0 Å². The number of allylic oxidation sites excluding steroid dienone is 10. The molecule has 2 aliphatic rings. The number of para-hydroxylation sites is 1. The van der Waals surface area contributed by atoms with E-state index < -0.39 is 7.14 Å². The Morgan fingerprint density at radius 2 is 1.66 bits per heavy atom. The minimum atomic E-state index is -3.08. The fraction of sp³-hybridized carbons (Fsp3) is 0.188. The van der Waals surface area contributed by atoms with Crippen LogP contribution in [0.25, 0.3) is 0 Å². The summed E-state index contributed by atoms with van der Waals surface area (Å²) < 4.78 is 14.8. The number of rotatable bonds is 8. The normalized spacial score (nSPS) is 21.7. The summed E-state index contributed by atoms with van der Waals surface area (Å²) in [5.74, 6) is 0.483. The van der Waals surface area contributed by atoms with Gasteiger partial charge in [0.25, 0.3) is 0 Å². The summed E-state index contributed by atoms with van der Waals surface area (Å²) in [4.78, 5) is 2.33. The van der Waals surface area contributed by atoms with E-state index >= 15 is 0 Å². The molecule has 0 N–H and O–H groups in total. The molecule has 0 radical (unpaired) electrons. The van der Waals surface area contributed by atoms with Crippen LogP contribution in [0.2, 0.25) is 0 Å². The third kappa shape index (κ3) is 4.64. The second kappa shape index (κ2) is 10.9. The minimum Gasteiger partial charge on any atom is -0.334 e. The van der Waals surface area contributed by atoms with Gasteiger partial charge in [-0.05, 0) is 50.5 Å². The van der Waals surface area contributed by atoms with Gasteiger partial charge in [-0.1, -0.05) is 104 Å². The lowest BCUT2D eigenvalue weighted by molar-refractivity contribution is 0.567. The first-order valence-corrected chi connectivity index (χ1v) is 14.0. The number of benzene rings is 2. The van der Waals surface area contributed by atoms with Crippen molar-refractivity contribution in [3.05, 3.63) is 144 Å². The zero-order valence-corrected chi connectivity index (χ0v) is 21.6. The van der Waals surface area contributed by atoms with Crippen molar-refractivity contribution >= 4 is 18.1 Å². The molecule has 35 heavy (non-hydrogen) atoms. The standard InChI is InChI=1S/C32H34NOP/c1-5-8-16-26(6-2)35(34,28-17-10-9-11-18-28)27(7-3)24-23-25(4)33-31-21-14-12-19-29(31)30-20-13-15-22-32(30)33/h5-12,14-19,21-24,30,32H,1,4,13,20H2,2-3H3/b16-8-,24-23-,26-6+,27-7+. The molecule has 1 aliphatic heterocycles. The monoisotopic (exact) mass is 479 g/mol. The summed E-state index contributed by atoms with van der Waals surface area (Å²) in [7, 11) is -3.08. The molecule has 0 bridgehead atoms. The highest BCUT2D eigenvalue weighted by Crippen LogP contribution is 2.61. The van der Waals surface area contributed by atoms with Gasteiger partial charge in [0.1, 0.15) is 0 Å². The van der Waals surface area contributed by atoms with Crippen LogP contribution in [0.1, 0.15) is 38.2 Å². The molecular formula is C32H34NOP. The molecule has 1 aliphatic carbocycles. The lowest BCUT2D eigenvalue weighted by Gasteiger charge is -2.30. The van der Waals surface area contributed by atoms with Crippen molar-refractivity contribution in [2.45, 2.75) is 38.6 Å². The molecule has 178 valence electrons. The average molecular weight is 480 g/mol. The predicted octanol–water partition coefficient (Wildman–Crippen LogP) is 8.62. The summed E-state index contributed by atoms with van der Waals surface area (Å²) in [5.41, 5.74) is 3.52. The van der Waals surface area contributed by atoms with Crippen LogP contribution in [-0.4, -0.2) is 6.04 Å². The molecule has 3 heteroatoms. The van der Waals surface area contributed by atoms with E-state index in [1.54, 1.807) is 6.08 Å². The van der Waals surface area contributed by atoms with E-state index in [1.165, 1.54) is 11.3 Å². The molecule has 2 nitrogen and oxygen atoms in total. The van der Waals surface area contributed by atoms with Crippen LogP contribution in [-0.2, 0) is 4.57 Å². The number of hydrogen-bond acceptors (Lipinski definition) is 2. The van der Waals surface area contributed by atoms with Crippen molar-refractivity contribution in [3.8, 4) is 0 Å². The predicted molar refractivity (Wildman–Crippen MR) is 153 cm³/mol. The molecule has 0 amide bonds. The van der Waals surface area contributed by atoms with E-state index in [4.69, 9.17) is 0 Å². The van der Waals surface area contributed by atoms with Gasteiger partial charge < -0.3 is 9.46 Å². The lowest BCUT2D eigenvalue weighted by Crippen LogP contribution is -2.32. The molecule has 0 saturated carbocycles. The highest BCUT2D eigenvalue weighted by atomic mass is 31.2. The van der Waals surface area contributed by atoms with Crippen molar-refractivity contribution in [1.82, 2.24) is 0 Å². The van der Waals surface area contributed by atoms with Gasteiger partial charge >= 0.3 is 0 Å². The van der Waals surface area contributed by atoms with Gasteiger partial charge in [0, 0.05) is 33.2 Å². The number of anilines is 1. The van der Waals surface area contributed by atoms with Crippen molar-refractivity contribution in [2.24, 2.45) is 0 Å². The molecule has 4 rings (SSSR count). The number of hydrogen-bond donors (Lipinski definition) is 0. The molecule has 0 aromatic heterocycles. The molecule has 0 spiro atoms. The maximum Gasteiger partial charge on any atom is 0.170 e. The van der Waals surface area contributed by atoms with Crippen LogP contribution in [0, 0.1) is 0 Å². The van der Waals surface area contributed by atoms with Gasteiger partial charge in [-0.15, -0.1) is 0 Å². The van der Waals surface area contributed by atoms with Crippen molar-refractivity contribution in [1.29, 1.82) is 0 Å². The Morgan fingerprint density at radius 3 is 2.37 bits per heavy atom. The highest BCUT2D eigenvalue weighted by molar-refractivity contribution is 7.79. The average Bonchev–Trinajstić information content (AvgIpc) is 3.24. The third-order valence-electron chi connectivity index (χ3n) is 6.88. The first-order chi connectivity index (χ1) is 17.1. The molecule has 2 aromatic rings. The molecule has 1 heterocycles. The van der Waals surface area contributed by atoms with E-state index in [0.717, 1.165) is 34.5 Å². The van der Waals surface area contributed by atoms with Crippen molar-refractivity contribution < 1.29 is 4.57 Å². The highest BCUT2D eigenvalue weighted by Gasteiger charge is 2.38. The zero-order valence-electron chi connectivity index (χ0n) is 20.7. The minimum absolute atomic E-state index is 0.273. The zero-order chi connectivity index (χ0) is 24.8. The fourth-order valence-corrected chi connectivity index (χ4v) is 8.02. The smallest absolute Gasteiger partial charge is 0.170 e. The molecule has 2 aromatic carbocycles. The van der Waals surface area contributed by atoms with Gasteiger partial charge in [0.05, 0.1) is 6.04 Å². The molecular weight excluding hydrogens is 445 g/mol. The van der Waals surface area contributed by atoms with Crippen LogP contribution in [0.3, 0.4) is 0 Å². The Morgan fingerprint density at radius 1 is 0.971 bits per heavy atom. The van der Waals surface area contributed by atoms with Gasteiger partial charge in [0.2, 0.25) is 0 Å². The fourth-order valence-electron chi connectivity index (χ4n) is 5.23. The second-order valence-electron chi connectivity index (χ2n) is 8.82. The van der Waals surface area contributed by atoms with Gasteiger partial charge in [-0.25, -0.2) is 0 Å². The third-order valence-corrected chi connectivity index (χ3v) is 10.2. The topological polar surface area (TPSA) is 20.3 Å². The first kappa shape index (κ1) is 24.8. The summed E-state index contributed by atoms with van der Waals surface area (Å²) in [6.45, 7) is 12.1. The van der Waals surface area contributed by atoms with E-state index in [9.17, 15) is 4.57 Å². The van der Waals surface area contributed by atoms with Gasteiger partial charge in [-0.2, -0.15) is 0 Å². The first-order valence-electron chi connectivity index (χ1n) is 12.3. The molecule has 3 unspecified atom stereocenters. The van der Waals surface area contributed by atoms with E-state index in [1.807, 2.05) is 80.6 Å². The van der Waals surface area contributed by atoms with Crippen LogP contribution < -0.4 is 10.2 Å². The largest absolute Gasteiger partial charge is 0.334 e. The summed E-state index contributed by atoms with van der Waals surface area (Å²) in [5, 5.41) is 2.38. The maximum atomic E-state index is 14.8. The number of nitrogens with zero attached hydrogens (tertiary/aromatic N) is 1. The van der Waals surface area contributed by atoms with Crippen LogP contribution in [0.4, 0.5) is 5.69 Å². The van der Waals surface area contributed by atoms with Gasteiger partial charge in [0.15, 0.2) is 7.14 Å². The molecule has 3 atom stereocenters. The molecule has 0 saturated heterocycles. The van der Waals surface area contributed by atoms with E-state index in [-0.39, 0.29) is 6.04 Å². The van der Waals surface area contributed by atoms with Crippen LogP contribution >= 0.6 is 7.14 Å². The Hall–Kier alpha value is -3.35. The Labute approximate surface area is 210 Å².